The fraction of sp³-hybridized carbons (Fsp3) is 0.684. The summed E-state index contributed by atoms with van der Waals surface area (Å²) in [5.74, 6) is 1.15. The van der Waals surface area contributed by atoms with Crippen LogP contribution >= 0.6 is 0 Å². The van der Waals surface area contributed by atoms with E-state index in [2.05, 4.69) is 24.9 Å². The van der Waals surface area contributed by atoms with E-state index >= 15 is 0 Å². The minimum absolute atomic E-state index is 0.0183. The van der Waals surface area contributed by atoms with Crippen LogP contribution in [0.25, 0.3) is 11.0 Å². The average Bonchev–Trinajstić information content (AvgIpc) is 3.30. The molecule has 4 heterocycles. The van der Waals surface area contributed by atoms with E-state index < -0.39 is 9.84 Å². The minimum Gasteiger partial charge on any atom is -0.353 e. The van der Waals surface area contributed by atoms with Crippen molar-refractivity contribution in [2.75, 3.05) is 49.1 Å². The number of amides is 1. The number of hydrogen-bond donors (Lipinski definition) is 0. The van der Waals surface area contributed by atoms with Crippen molar-refractivity contribution in [3.8, 4) is 0 Å². The van der Waals surface area contributed by atoms with Crippen LogP contribution in [0, 0.1) is 0 Å². The summed E-state index contributed by atoms with van der Waals surface area (Å²) in [6, 6.07) is -0.477. The first-order valence-corrected chi connectivity index (χ1v) is 12.3. The van der Waals surface area contributed by atoms with Gasteiger partial charge in [-0.3, -0.25) is 14.4 Å². The van der Waals surface area contributed by atoms with Gasteiger partial charge >= 0.3 is 0 Å². The monoisotopic (exact) mass is 435 g/mol. The molecule has 0 spiro atoms. The summed E-state index contributed by atoms with van der Waals surface area (Å²) >= 11 is 0. The average molecular weight is 436 g/mol. The summed E-state index contributed by atoms with van der Waals surface area (Å²) in [4.78, 5) is 28.0. The van der Waals surface area contributed by atoms with Crippen molar-refractivity contribution in [2.45, 2.75) is 32.4 Å². The first-order valence-electron chi connectivity index (χ1n) is 10.4. The lowest BCUT2D eigenvalue weighted by atomic mass is 10.1. The molecule has 2 saturated heterocycles. The number of carbonyl (C=O) groups excluding carboxylic acids is 1. The lowest BCUT2D eigenvalue weighted by Gasteiger charge is -2.40. The Morgan fingerprint density at radius 2 is 2.00 bits per heavy atom. The fourth-order valence-corrected chi connectivity index (χ4v) is 6.26. The smallest absolute Gasteiger partial charge is 0.239 e. The Bertz CT molecular complexity index is 1030. The van der Waals surface area contributed by atoms with E-state index in [-0.39, 0.29) is 29.5 Å². The van der Waals surface area contributed by atoms with Gasteiger partial charge in [0, 0.05) is 45.8 Å². The zero-order chi connectivity index (χ0) is 21.5. The Morgan fingerprint density at radius 3 is 2.63 bits per heavy atom. The molecule has 1 amide bonds. The highest BCUT2D eigenvalue weighted by atomic mass is 32.2. The van der Waals surface area contributed by atoms with Gasteiger partial charge in [-0.1, -0.05) is 0 Å². The van der Waals surface area contributed by atoms with Crippen LogP contribution in [-0.2, 0) is 21.7 Å². The third-order valence-corrected chi connectivity index (χ3v) is 8.05. The first kappa shape index (κ1) is 21.0. The van der Waals surface area contributed by atoms with Gasteiger partial charge in [-0.2, -0.15) is 5.10 Å². The summed E-state index contributed by atoms with van der Waals surface area (Å²) in [5, 5.41) is 5.21. The minimum atomic E-state index is -3.02. The standard InChI is InChI=1S/C19H29N7O3S/c1-4-26(15-5-10-30(28,29)12-15)19(27)14(2)24-6-8-25(9-7-24)18-16-11-22-23(3)17(16)20-13-21-18/h11,13-15H,4-10,12H2,1-3H3. The maximum Gasteiger partial charge on any atom is 0.239 e. The number of sulfone groups is 1. The van der Waals surface area contributed by atoms with Crippen LogP contribution < -0.4 is 4.90 Å². The summed E-state index contributed by atoms with van der Waals surface area (Å²) < 4.78 is 25.4. The van der Waals surface area contributed by atoms with Gasteiger partial charge in [0.25, 0.3) is 0 Å². The fourth-order valence-electron chi connectivity index (χ4n) is 4.53. The van der Waals surface area contributed by atoms with E-state index in [4.69, 9.17) is 0 Å². The number of aryl methyl sites for hydroxylation is 1. The lowest BCUT2D eigenvalue weighted by molar-refractivity contribution is -0.138. The Morgan fingerprint density at radius 1 is 1.27 bits per heavy atom. The van der Waals surface area contributed by atoms with Gasteiger partial charge in [0.15, 0.2) is 15.5 Å². The van der Waals surface area contributed by atoms with Crippen molar-refractivity contribution in [2.24, 2.45) is 7.05 Å². The highest BCUT2D eigenvalue weighted by Crippen LogP contribution is 2.24. The van der Waals surface area contributed by atoms with E-state index in [1.165, 1.54) is 0 Å². The van der Waals surface area contributed by atoms with E-state index in [9.17, 15) is 13.2 Å². The third kappa shape index (κ3) is 3.87. The SMILES string of the molecule is CCN(C(=O)C(C)N1CCN(c2ncnc3c2cnn3C)CC1)C1CCS(=O)(=O)C1. The number of aromatic nitrogens is 4. The summed E-state index contributed by atoms with van der Waals surface area (Å²) in [6.07, 6.45) is 3.89. The molecule has 0 saturated carbocycles. The molecule has 2 aliphatic rings. The van der Waals surface area contributed by atoms with Gasteiger partial charge in [0.1, 0.15) is 12.1 Å². The summed E-state index contributed by atoms with van der Waals surface area (Å²) in [6.45, 7) is 7.35. The number of anilines is 1. The first-order chi connectivity index (χ1) is 14.3. The highest BCUT2D eigenvalue weighted by molar-refractivity contribution is 7.91. The van der Waals surface area contributed by atoms with Gasteiger partial charge in [0.2, 0.25) is 5.91 Å². The largest absolute Gasteiger partial charge is 0.353 e. The van der Waals surface area contributed by atoms with Gasteiger partial charge < -0.3 is 9.80 Å². The molecular weight excluding hydrogens is 406 g/mol. The van der Waals surface area contributed by atoms with E-state index in [0.29, 0.717) is 13.0 Å². The molecule has 2 aromatic rings. The molecule has 0 aliphatic carbocycles. The van der Waals surface area contributed by atoms with E-state index in [1.807, 2.05) is 20.9 Å². The van der Waals surface area contributed by atoms with Crippen molar-refractivity contribution < 1.29 is 13.2 Å². The quantitative estimate of drug-likeness (QED) is 0.642. The summed E-state index contributed by atoms with van der Waals surface area (Å²) in [7, 11) is -1.16. The maximum atomic E-state index is 13.1. The predicted octanol–water partition coefficient (Wildman–Crippen LogP) is -0.0906. The van der Waals surface area contributed by atoms with Gasteiger partial charge in [-0.25, -0.2) is 18.4 Å². The van der Waals surface area contributed by atoms with Crippen LogP contribution in [-0.4, -0.2) is 100 Å². The Balaban J connectivity index is 1.41. The normalized spacial score (nSPS) is 23.0. The van der Waals surface area contributed by atoms with E-state index in [1.54, 1.807) is 22.1 Å². The molecule has 0 N–H and O–H groups in total. The van der Waals surface area contributed by atoms with Crippen molar-refractivity contribution in [3.63, 3.8) is 0 Å². The number of hydrogen-bond acceptors (Lipinski definition) is 8. The zero-order valence-electron chi connectivity index (χ0n) is 17.7. The molecule has 2 unspecified atom stereocenters. The Labute approximate surface area is 176 Å². The van der Waals surface area contributed by atoms with Crippen molar-refractivity contribution in [1.82, 2.24) is 29.5 Å². The molecule has 2 aliphatic heterocycles. The van der Waals surface area contributed by atoms with Crippen molar-refractivity contribution >= 4 is 32.6 Å². The van der Waals surface area contributed by atoms with Crippen LogP contribution in [0.3, 0.4) is 0 Å². The van der Waals surface area contributed by atoms with Gasteiger partial charge in [-0.15, -0.1) is 0 Å². The maximum absolute atomic E-state index is 13.1. The second-order valence-corrected chi connectivity index (χ2v) is 10.3. The second-order valence-electron chi connectivity index (χ2n) is 8.08. The highest BCUT2D eigenvalue weighted by Gasteiger charge is 2.37. The molecule has 11 heteroatoms. The Kier molecular flexibility index (Phi) is 5.67. The molecule has 2 fully saturated rings. The molecule has 164 valence electrons. The molecule has 2 aromatic heterocycles. The molecule has 10 nitrogen and oxygen atoms in total. The van der Waals surface area contributed by atoms with Crippen LogP contribution in [0.1, 0.15) is 20.3 Å². The zero-order valence-corrected chi connectivity index (χ0v) is 18.5. The van der Waals surface area contributed by atoms with Crippen LogP contribution in [0.4, 0.5) is 5.82 Å². The number of fused-ring (bicyclic) bond motifs is 1. The molecule has 30 heavy (non-hydrogen) atoms. The molecular formula is C19H29N7O3S. The van der Waals surface area contributed by atoms with Gasteiger partial charge in [0.05, 0.1) is 29.1 Å². The molecule has 4 rings (SSSR count). The van der Waals surface area contributed by atoms with Crippen molar-refractivity contribution in [1.29, 1.82) is 0 Å². The molecule has 0 aromatic carbocycles. The second kappa shape index (κ2) is 8.10. The summed E-state index contributed by atoms with van der Waals surface area (Å²) in [5.41, 5.74) is 0.802. The molecule has 0 radical (unpaired) electrons. The third-order valence-electron chi connectivity index (χ3n) is 6.30. The topological polar surface area (TPSA) is 105 Å². The van der Waals surface area contributed by atoms with Crippen LogP contribution in [0.2, 0.25) is 0 Å². The number of rotatable bonds is 5. The Hall–Kier alpha value is -2.27. The predicted molar refractivity (Wildman–Crippen MR) is 114 cm³/mol. The van der Waals surface area contributed by atoms with Crippen LogP contribution in [0.15, 0.2) is 12.5 Å². The number of piperazine rings is 1. The van der Waals surface area contributed by atoms with Crippen LogP contribution in [0.5, 0.6) is 0 Å². The van der Waals surface area contributed by atoms with Gasteiger partial charge in [-0.05, 0) is 20.3 Å². The number of likely N-dealkylation sites (N-methyl/N-ethyl adjacent to an activating group) is 1. The molecule has 0 bridgehead atoms. The molecule has 2 atom stereocenters. The lowest BCUT2D eigenvalue weighted by Crippen LogP contribution is -2.56. The number of carbonyl (C=O) groups is 1. The van der Waals surface area contributed by atoms with E-state index in [0.717, 1.165) is 43.0 Å². The number of nitrogens with zero attached hydrogens (tertiary/aromatic N) is 7. The van der Waals surface area contributed by atoms with Crippen molar-refractivity contribution in [3.05, 3.63) is 12.5 Å².